The van der Waals surface area contributed by atoms with Gasteiger partial charge in [-0.05, 0) is 24.3 Å². The molecule has 1 saturated heterocycles. The summed E-state index contributed by atoms with van der Waals surface area (Å²) in [6, 6.07) is 5.97. The van der Waals surface area contributed by atoms with Crippen molar-refractivity contribution in [2.75, 3.05) is 33.9 Å². The first kappa shape index (κ1) is 18.2. The number of carbonyl (C=O) groups excluding carboxylic acids is 2. The average Bonchev–Trinajstić information content (AvgIpc) is 3.08. The molecule has 1 aliphatic rings. The van der Waals surface area contributed by atoms with Crippen LogP contribution in [0.1, 0.15) is 0 Å². The van der Waals surface area contributed by atoms with E-state index in [0.717, 1.165) is 4.31 Å². The zero-order valence-corrected chi connectivity index (χ0v) is 14.1. The Bertz CT molecular complexity index is 704. The second-order valence-corrected chi connectivity index (χ2v) is 6.80. The van der Waals surface area contributed by atoms with Crippen molar-refractivity contribution < 1.29 is 27.5 Å². The molecule has 0 aliphatic carbocycles. The summed E-state index contributed by atoms with van der Waals surface area (Å²) in [5.41, 5.74) is 0. The molecule has 1 aromatic rings. The molecule has 0 aromatic heterocycles. The molecule has 1 aromatic carbocycles. The van der Waals surface area contributed by atoms with Crippen LogP contribution in [-0.2, 0) is 24.3 Å². The number of carbonyl (C=O) groups is 2. The van der Waals surface area contributed by atoms with Crippen LogP contribution in [0.25, 0.3) is 0 Å². The Morgan fingerprint density at radius 2 is 1.96 bits per heavy atom. The van der Waals surface area contributed by atoms with Gasteiger partial charge in [-0.2, -0.15) is 4.31 Å². The van der Waals surface area contributed by atoms with E-state index in [0.29, 0.717) is 5.75 Å². The summed E-state index contributed by atoms with van der Waals surface area (Å²) in [6.45, 7) is 0.242. The molecule has 2 amide bonds. The molecule has 9 nitrogen and oxygen atoms in total. The number of ether oxygens (including phenoxy) is 2. The summed E-state index contributed by atoms with van der Waals surface area (Å²) < 4.78 is 36.9. The predicted molar refractivity (Wildman–Crippen MR) is 83.7 cm³/mol. The lowest BCUT2D eigenvalue weighted by Crippen LogP contribution is -2.46. The Kier molecular flexibility index (Phi) is 5.75. The minimum absolute atomic E-state index is 0.0939. The number of nitrogens with zero attached hydrogens (tertiary/aromatic N) is 1. The molecule has 132 valence electrons. The van der Waals surface area contributed by atoms with Crippen molar-refractivity contribution in [3.63, 3.8) is 0 Å². The molecule has 0 spiro atoms. The Hall–Kier alpha value is -2.17. The summed E-state index contributed by atoms with van der Waals surface area (Å²) in [6.07, 6.45) is -0.870. The van der Waals surface area contributed by atoms with Crippen LogP contribution in [0.2, 0.25) is 0 Å². The van der Waals surface area contributed by atoms with Gasteiger partial charge in [0.15, 0.2) is 0 Å². The maximum absolute atomic E-state index is 12.7. The molecular formula is C14H19N3O6S. The zero-order chi connectivity index (χ0) is 17.7. The van der Waals surface area contributed by atoms with Gasteiger partial charge in [0.25, 0.3) is 0 Å². The van der Waals surface area contributed by atoms with Gasteiger partial charge < -0.3 is 20.1 Å². The summed E-state index contributed by atoms with van der Waals surface area (Å²) in [4.78, 5) is 22.7. The van der Waals surface area contributed by atoms with Crippen LogP contribution in [0.5, 0.6) is 5.75 Å². The SMILES string of the molecule is CNC(=O)C(=O)NC[C@H]1OCCN1S(=O)(=O)c1ccc(OC)cc1. The Morgan fingerprint density at radius 1 is 1.29 bits per heavy atom. The summed E-state index contributed by atoms with van der Waals surface area (Å²) in [5, 5.41) is 4.53. The van der Waals surface area contributed by atoms with Gasteiger partial charge in [-0.15, -0.1) is 0 Å². The topological polar surface area (TPSA) is 114 Å². The highest BCUT2D eigenvalue weighted by molar-refractivity contribution is 7.89. The highest BCUT2D eigenvalue weighted by Crippen LogP contribution is 2.23. The van der Waals surface area contributed by atoms with Gasteiger partial charge in [0, 0.05) is 13.6 Å². The van der Waals surface area contributed by atoms with Crippen molar-refractivity contribution in [3.8, 4) is 5.75 Å². The first-order valence-corrected chi connectivity index (χ1v) is 8.61. The monoisotopic (exact) mass is 357 g/mol. The summed E-state index contributed by atoms with van der Waals surface area (Å²) in [7, 11) is -0.969. The van der Waals surface area contributed by atoms with Crippen molar-refractivity contribution >= 4 is 21.8 Å². The van der Waals surface area contributed by atoms with E-state index < -0.39 is 28.1 Å². The molecule has 24 heavy (non-hydrogen) atoms. The Labute approximate surface area is 140 Å². The fourth-order valence-electron chi connectivity index (χ4n) is 2.20. The molecule has 1 aliphatic heterocycles. The van der Waals surface area contributed by atoms with Gasteiger partial charge >= 0.3 is 11.8 Å². The van der Waals surface area contributed by atoms with E-state index in [4.69, 9.17) is 9.47 Å². The largest absolute Gasteiger partial charge is 0.497 e. The molecule has 2 rings (SSSR count). The number of hydrogen-bond donors (Lipinski definition) is 2. The van der Waals surface area contributed by atoms with Crippen LogP contribution < -0.4 is 15.4 Å². The Morgan fingerprint density at radius 3 is 2.54 bits per heavy atom. The molecule has 2 N–H and O–H groups in total. The fourth-order valence-corrected chi connectivity index (χ4v) is 3.71. The number of benzene rings is 1. The zero-order valence-electron chi connectivity index (χ0n) is 13.3. The van der Waals surface area contributed by atoms with E-state index in [1.807, 2.05) is 0 Å². The molecule has 0 bridgehead atoms. The number of nitrogens with one attached hydrogen (secondary N) is 2. The standard InChI is InChI=1S/C14H19N3O6S/c1-15-13(18)14(19)16-9-12-17(7-8-23-12)24(20,21)11-5-3-10(22-2)4-6-11/h3-6,12H,7-9H2,1-2H3,(H,15,18)(H,16,19)/t12-/m1/s1. The minimum atomic E-state index is -3.79. The van der Waals surface area contributed by atoms with Crippen molar-refractivity contribution in [1.29, 1.82) is 0 Å². The highest BCUT2D eigenvalue weighted by Gasteiger charge is 2.36. The van der Waals surface area contributed by atoms with Crippen LogP contribution in [0, 0.1) is 0 Å². The van der Waals surface area contributed by atoms with Crippen molar-refractivity contribution in [2.45, 2.75) is 11.1 Å². The van der Waals surface area contributed by atoms with Gasteiger partial charge in [0.05, 0.1) is 25.2 Å². The smallest absolute Gasteiger partial charge is 0.309 e. The summed E-state index contributed by atoms with van der Waals surface area (Å²) >= 11 is 0. The van der Waals surface area contributed by atoms with Crippen LogP contribution in [-0.4, -0.2) is 64.6 Å². The summed E-state index contributed by atoms with van der Waals surface area (Å²) in [5.74, 6) is -1.12. The molecule has 0 saturated carbocycles. The second-order valence-electron chi connectivity index (χ2n) is 4.91. The lowest BCUT2D eigenvalue weighted by atomic mass is 10.3. The van der Waals surface area contributed by atoms with Crippen molar-refractivity contribution in [2.24, 2.45) is 0 Å². The van der Waals surface area contributed by atoms with Gasteiger partial charge in [-0.3, -0.25) is 9.59 Å². The molecule has 0 radical (unpaired) electrons. The van der Waals surface area contributed by atoms with Gasteiger partial charge in [-0.25, -0.2) is 8.42 Å². The van der Waals surface area contributed by atoms with Crippen molar-refractivity contribution in [3.05, 3.63) is 24.3 Å². The molecule has 1 fully saturated rings. The lowest BCUT2D eigenvalue weighted by molar-refractivity contribution is -0.139. The van der Waals surface area contributed by atoms with E-state index in [1.165, 1.54) is 26.3 Å². The number of likely N-dealkylation sites (N-methyl/N-ethyl adjacent to an activating group) is 1. The van der Waals surface area contributed by atoms with Crippen LogP contribution in [0.4, 0.5) is 0 Å². The number of amides is 2. The molecule has 1 atom stereocenters. The molecule has 0 unspecified atom stereocenters. The van der Waals surface area contributed by atoms with Gasteiger partial charge in [-0.1, -0.05) is 0 Å². The van der Waals surface area contributed by atoms with E-state index >= 15 is 0 Å². The molecule has 1 heterocycles. The normalized spacial score (nSPS) is 18.2. The lowest BCUT2D eigenvalue weighted by Gasteiger charge is -2.22. The average molecular weight is 357 g/mol. The maximum Gasteiger partial charge on any atom is 0.309 e. The molecule has 10 heteroatoms. The first-order valence-electron chi connectivity index (χ1n) is 7.17. The second kappa shape index (κ2) is 7.60. The van der Waals surface area contributed by atoms with Gasteiger partial charge in [0.1, 0.15) is 12.0 Å². The first-order chi connectivity index (χ1) is 11.4. The number of rotatable bonds is 5. The van der Waals surface area contributed by atoms with E-state index in [2.05, 4.69) is 10.6 Å². The number of sulfonamides is 1. The maximum atomic E-state index is 12.7. The van der Waals surface area contributed by atoms with E-state index in [-0.39, 0.29) is 24.6 Å². The fraction of sp³-hybridized carbons (Fsp3) is 0.429. The number of methoxy groups -OCH3 is 1. The van der Waals surface area contributed by atoms with Crippen LogP contribution in [0.3, 0.4) is 0 Å². The van der Waals surface area contributed by atoms with E-state index in [9.17, 15) is 18.0 Å². The van der Waals surface area contributed by atoms with Crippen molar-refractivity contribution in [1.82, 2.24) is 14.9 Å². The third kappa shape index (κ3) is 3.83. The van der Waals surface area contributed by atoms with Crippen LogP contribution >= 0.6 is 0 Å². The Balaban J connectivity index is 2.10. The van der Waals surface area contributed by atoms with Crippen LogP contribution in [0.15, 0.2) is 29.2 Å². The third-order valence-corrected chi connectivity index (χ3v) is 5.38. The quantitative estimate of drug-likeness (QED) is 0.647. The number of hydrogen-bond acceptors (Lipinski definition) is 6. The van der Waals surface area contributed by atoms with E-state index in [1.54, 1.807) is 12.1 Å². The molecular weight excluding hydrogens is 338 g/mol. The third-order valence-electron chi connectivity index (χ3n) is 3.48. The van der Waals surface area contributed by atoms with Gasteiger partial charge in [0.2, 0.25) is 10.0 Å². The predicted octanol–water partition coefficient (Wildman–Crippen LogP) is -1.10. The highest BCUT2D eigenvalue weighted by atomic mass is 32.2. The minimum Gasteiger partial charge on any atom is -0.497 e.